The summed E-state index contributed by atoms with van der Waals surface area (Å²) in [4.78, 5) is 0. The zero-order valence-electron chi connectivity index (χ0n) is 9.95. The molecule has 0 amide bonds. The molecule has 3 N–H and O–H groups in total. The SMILES string of the molecule is OCCCn1cc(CNc2ccc(O)cc2)nn1. The molecule has 0 aliphatic rings. The summed E-state index contributed by atoms with van der Waals surface area (Å²) >= 11 is 0. The van der Waals surface area contributed by atoms with Gasteiger partial charge >= 0.3 is 0 Å². The van der Waals surface area contributed by atoms with Crippen LogP contribution >= 0.6 is 0 Å². The van der Waals surface area contributed by atoms with Crippen LogP contribution in [0.2, 0.25) is 0 Å². The molecule has 6 heteroatoms. The van der Waals surface area contributed by atoms with Gasteiger partial charge in [0.1, 0.15) is 11.4 Å². The van der Waals surface area contributed by atoms with E-state index in [4.69, 9.17) is 10.2 Å². The zero-order valence-corrected chi connectivity index (χ0v) is 9.95. The second kappa shape index (κ2) is 6.02. The highest BCUT2D eigenvalue weighted by molar-refractivity contribution is 5.45. The number of aryl methyl sites for hydroxylation is 1. The zero-order chi connectivity index (χ0) is 12.8. The number of benzene rings is 1. The first-order valence-corrected chi connectivity index (χ1v) is 5.81. The van der Waals surface area contributed by atoms with E-state index >= 15 is 0 Å². The van der Waals surface area contributed by atoms with E-state index in [0.717, 1.165) is 11.4 Å². The van der Waals surface area contributed by atoms with Crippen LogP contribution in [0.5, 0.6) is 5.75 Å². The minimum Gasteiger partial charge on any atom is -0.508 e. The maximum atomic E-state index is 9.15. The molecule has 0 unspecified atom stereocenters. The maximum absolute atomic E-state index is 9.15. The van der Waals surface area contributed by atoms with E-state index in [0.29, 0.717) is 19.5 Å². The van der Waals surface area contributed by atoms with Crippen molar-refractivity contribution in [3.05, 3.63) is 36.2 Å². The second-order valence-electron chi connectivity index (χ2n) is 3.95. The molecule has 1 heterocycles. The summed E-state index contributed by atoms with van der Waals surface area (Å²) in [6, 6.07) is 6.85. The fraction of sp³-hybridized carbons (Fsp3) is 0.333. The molecule has 0 atom stereocenters. The minimum atomic E-state index is 0.154. The first-order valence-electron chi connectivity index (χ1n) is 5.81. The molecule has 0 saturated heterocycles. The molecule has 18 heavy (non-hydrogen) atoms. The summed E-state index contributed by atoms with van der Waals surface area (Å²) in [5.74, 6) is 0.246. The maximum Gasteiger partial charge on any atom is 0.115 e. The predicted octanol–water partition coefficient (Wildman–Crippen LogP) is 0.978. The van der Waals surface area contributed by atoms with Gasteiger partial charge in [-0.2, -0.15) is 0 Å². The van der Waals surface area contributed by atoms with Gasteiger partial charge in [0.2, 0.25) is 0 Å². The van der Waals surface area contributed by atoms with Crippen LogP contribution in [-0.4, -0.2) is 31.8 Å². The lowest BCUT2D eigenvalue weighted by Gasteiger charge is -2.03. The lowest BCUT2D eigenvalue weighted by molar-refractivity contribution is 0.276. The van der Waals surface area contributed by atoms with Crippen molar-refractivity contribution in [2.45, 2.75) is 19.5 Å². The summed E-state index contributed by atoms with van der Waals surface area (Å²) in [5.41, 5.74) is 1.75. The Balaban J connectivity index is 1.86. The molecule has 0 spiro atoms. The topological polar surface area (TPSA) is 83.2 Å². The average Bonchev–Trinajstić information content (AvgIpc) is 2.84. The molecular formula is C12H16N4O2. The quantitative estimate of drug-likeness (QED) is 0.664. The van der Waals surface area contributed by atoms with Gasteiger partial charge in [-0.3, -0.25) is 4.68 Å². The second-order valence-corrected chi connectivity index (χ2v) is 3.95. The largest absolute Gasteiger partial charge is 0.508 e. The number of aromatic nitrogens is 3. The van der Waals surface area contributed by atoms with Crippen LogP contribution < -0.4 is 5.32 Å². The lowest BCUT2D eigenvalue weighted by atomic mass is 10.3. The molecule has 0 aliphatic carbocycles. The summed E-state index contributed by atoms with van der Waals surface area (Å²) in [6.45, 7) is 1.40. The van der Waals surface area contributed by atoms with Crippen LogP contribution in [0.1, 0.15) is 12.1 Å². The Kier molecular flexibility index (Phi) is 4.14. The van der Waals surface area contributed by atoms with Gasteiger partial charge in [0.25, 0.3) is 0 Å². The van der Waals surface area contributed by atoms with Crippen LogP contribution in [0.4, 0.5) is 5.69 Å². The fourth-order valence-electron chi connectivity index (χ4n) is 1.53. The van der Waals surface area contributed by atoms with Crippen molar-refractivity contribution < 1.29 is 10.2 Å². The van der Waals surface area contributed by atoms with E-state index < -0.39 is 0 Å². The highest BCUT2D eigenvalue weighted by atomic mass is 16.3. The third-order valence-electron chi connectivity index (χ3n) is 2.47. The fourth-order valence-corrected chi connectivity index (χ4v) is 1.53. The number of nitrogens with one attached hydrogen (secondary N) is 1. The number of phenols is 1. The number of hydrogen-bond donors (Lipinski definition) is 3. The summed E-state index contributed by atoms with van der Waals surface area (Å²) in [5, 5.41) is 29.0. The van der Waals surface area contributed by atoms with Gasteiger partial charge in [0, 0.05) is 18.8 Å². The van der Waals surface area contributed by atoms with Gasteiger partial charge in [-0.1, -0.05) is 5.21 Å². The Morgan fingerprint density at radius 2 is 2.00 bits per heavy atom. The van der Waals surface area contributed by atoms with E-state index in [-0.39, 0.29) is 12.4 Å². The van der Waals surface area contributed by atoms with Crippen molar-refractivity contribution in [2.75, 3.05) is 11.9 Å². The molecule has 2 rings (SSSR count). The minimum absolute atomic E-state index is 0.154. The number of rotatable bonds is 6. The Morgan fingerprint density at radius 1 is 1.22 bits per heavy atom. The number of nitrogens with zero attached hydrogens (tertiary/aromatic N) is 3. The third kappa shape index (κ3) is 3.46. The van der Waals surface area contributed by atoms with Gasteiger partial charge < -0.3 is 15.5 Å². The van der Waals surface area contributed by atoms with Gasteiger partial charge in [0.05, 0.1) is 12.7 Å². The Hall–Kier alpha value is -2.08. The molecule has 0 radical (unpaired) electrons. The third-order valence-corrected chi connectivity index (χ3v) is 2.47. The van der Waals surface area contributed by atoms with Crippen molar-refractivity contribution in [1.29, 1.82) is 0 Å². The highest BCUT2D eigenvalue weighted by Crippen LogP contribution is 2.14. The van der Waals surface area contributed by atoms with Crippen LogP contribution in [0, 0.1) is 0 Å². The van der Waals surface area contributed by atoms with E-state index in [9.17, 15) is 0 Å². The van der Waals surface area contributed by atoms with E-state index in [1.807, 2.05) is 6.20 Å². The highest BCUT2D eigenvalue weighted by Gasteiger charge is 2.00. The van der Waals surface area contributed by atoms with Gasteiger partial charge in [0.15, 0.2) is 0 Å². The Bertz CT molecular complexity index is 481. The molecule has 0 saturated carbocycles. The number of phenolic OH excluding ortho intramolecular Hbond substituents is 1. The molecule has 1 aromatic heterocycles. The number of aromatic hydroxyl groups is 1. The number of aliphatic hydroxyl groups is 1. The standard InChI is InChI=1S/C12H16N4O2/c17-7-1-6-16-9-11(14-15-16)8-13-10-2-4-12(18)5-3-10/h2-5,9,13,17-18H,1,6-8H2. The number of anilines is 1. The molecule has 0 aliphatic heterocycles. The van der Waals surface area contributed by atoms with Crippen LogP contribution in [0.15, 0.2) is 30.5 Å². The predicted molar refractivity (Wildman–Crippen MR) is 67.2 cm³/mol. The first kappa shape index (κ1) is 12.4. The van der Waals surface area contributed by atoms with E-state index in [2.05, 4.69) is 15.6 Å². The molecule has 0 fully saturated rings. The molecule has 6 nitrogen and oxygen atoms in total. The first-order chi connectivity index (χ1) is 8.78. The molecule has 96 valence electrons. The molecule has 1 aromatic carbocycles. The van der Waals surface area contributed by atoms with Crippen molar-refractivity contribution in [3.63, 3.8) is 0 Å². The Morgan fingerprint density at radius 3 is 2.72 bits per heavy atom. The molecule has 0 bridgehead atoms. The van der Waals surface area contributed by atoms with Crippen molar-refractivity contribution in [1.82, 2.24) is 15.0 Å². The Labute approximate surface area is 105 Å². The van der Waals surface area contributed by atoms with E-state index in [1.54, 1.807) is 28.9 Å². The lowest BCUT2D eigenvalue weighted by Crippen LogP contribution is -2.01. The number of hydrogen-bond acceptors (Lipinski definition) is 5. The molecule has 2 aromatic rings. The van der Waals surface area contributed by atoms with Crippen LogP contribution in [0.3, 0.4) is 0 Å². The van der Waals surface area contributed by atoms with Crippen LogP contribution in [0.25, 0.3) is 0 Å². The summed E-state index contributed by atoms with van der Waals surface area (Å²) in [6.07, 6.45) is 2.53. The summed E-state index contributed by atoms with van der Waals surface area (Å²) < 4.78 is 1.71. The average molecular weight is 248 g/mol. The van der Waals surface area contributed by atoms with Crippen molar-refractivity contribution in [3.8, 4) is 5.75 Å². The van der Waals surface area contributed by atoms with Gasteiger partial charge in [-0.15, -0.1) is 5.10 Å². The number of aliphatic hydroxyl groups excluding tert-OH is 1. The molecular weight excluding hydrogens is 232 g/mol. The monoisotopic (exact) mass is 248 g/mol. The summed E-state index contributed by atoms with van der Waals surface area (Å²) in [7, 11) is 0. The van der Waals surface area contributed by atoms with E-state index in [1.165, 1.54) is 0 Å². The normalized spacial score (nSPS) is 10.5. The van der Waals surface area contributed by atoms with Crippen molar-refractivity contribution in [2.24, 2.45) is 0 Å². The van der Waals surface area contributed by atoms with Crippen molar-refractivity contribution >= 4 is 5.69 Å². The van der Waals surface area contributed by atoms with Crippen LogP contribution in [-0.2, 0) is 13.1 Å². The van der Waals surface area contributed by atoms with Gasteiger partial charge in [-0.25, -0.2) is 0 Å². The smallest absolute Gasteiger partial charge is 0.115 e. The van der Waals surface area contributed by atoms with Gasteiger partial charge in [-0.05, 0) is 30.7 Å².